The van der Waals surface area contributed by atoms with Crippen LogP contribution < -0.4 is 0 Å². The molecule has 1 aliphatic rings. The lowest BCUT2D eigenvalue weighted by atomic mass is 10.1. The molecule has 0 saturated carbocycles. The monoisotopic (exact) mass is 273 g/mol. The molecule has 1 aliphatic heterocycles. The molecule has 0 spiro atoms. The van der Waals surface area contributed by atoms with Crippen LogP contribution in [0.2, 0.25) is 0 Å². The Morgan fingerprint density at radius 2 is 2.35 bits per heavy atom. The largest absolute Gasteiger partial charge is 0.477 e. The summed E-state index contributed by atoms with van der Waals surface area (Å²) in [6.45, 7) is 4.41. The number of likely N-dealkylation sites (tertiary alicyclic amines) is 1. The molecule has 20 heavy (non-hydrogen) atoms. The first-order valence-electron chi connectivity index (χ1n) is 7.13. The number of likely N-dealkylation sites (N-methyl/N-ethyl adjacent to an activating group) is 1. The van der Waals surface area contributed by atoms with Gasteiger partial charge in [0.05, 0.1) is 5.69 Å². The van der Waals surface area contributed by atoms with E-state index in [9.17, 15) is 9.90 Å². The van der Waals surface area contributed by atoms with Crippen molar-refractivity contribution in [3.63, 3.8) is 0 Å². The highest BCUT2D eigenvalue weighted by Crippen LogP contribution is 2.21. The van der Waals surface area contributed by atoms with Crippen LogP contribution in [0, 0.1) is 0 Å². The van der Waals surface area contributed by atoms with E-state index in [1.807, 2.05) is 12.3 Å². The van der Waals surface area contributed by atoms with Crippen LogP contribution in [0.15, 0.2) is 24.4 Å². The van der Waals surface area contributed by atoms with Gasteiger partial charge in [0.1, 0.15) is 11.3 Å². The zero-order valence-electron chi connectivity index (χ0n) is 11.6. The smallest absolute Gasteiger partial charge is 0.352 e. The van der Waals surface area contributed by atoms with Gasteiger partial charge >= 0.3 is 5.97 Å². The van der Waals surface area contributed by atoms with Crippen LogP contribution in [0.4, 0.5) is 0 Å². The summed E-state index contributed by atoms with van der Waals surface area (Å²) < 4.78 is 1.67. The Hall–Kier alpha value is -1.88. The minimum atomic E-state index is -0.921. The second-order valence-corrected chi connectivity index (χ2v) is 5.31. The number of carbonyl (C=O) groups is 1. The van der Waals surface area contributed by atoms with Gasteiger partial charge in [0.15, 0.2) is 0 Å². The molecule has 1 unspecified atom stereocenters. The summed E-state index contributed by atoms with van der Waals surface area (Å²) in [5, 5.41) is 9.20. The maximum absolute atomic E-state index is 11.2. The number of aromatic carboxylic acids is 1. The predicted octanol–water partition coefficient (Wildman–Crippen LogP) is 2.06. The van der Waals surface area contributed by atoms with E-state index < -0.39 is 5.97 Å². The van der Waals surface area contributed by atoms with Gasteiger partial charge in [0, 0.05) is 18.7 Å². The molecular weight excluding hydrogens is 254 g/mol. The van der Waals surface area contributed by atoms with Crippen molar-refractivity contribution in [1.29, 1.82) is 0 Å². The van der Waals surface area contributed by atoms with Gasteiger partial charge in [-0.2, -0.15) is 0 Å². The third-order valence-corrected chi connectivity index (χ3v) is 4.11. The van der Waals surface area contributed by atoms with Crippen molar-refractivity contribution < 1.29 is 9.90 Å². The normalized spacial score (nSPS) is 19.8. The van der Waals surface area contributed by atoms with E-state index in [0.717, 1.165) is 25.2 Å². The van der Waals surface area contributed by atoms with Gasteiger partial charge in [-0.3, -0.25) is 4.40 Å². The van der Waals surface area contributed by atoms with Crippen molar-refractivity contribution in [2.75, 3.05) is 13.1 Å². The number of carboxylic acid groups (broad SMARTS) is 1. The molecule has 0 radical (unpaired) electrons. The van der Waals surface area contributed by atoms with Crippen molar-refractivity contribution in [3.05, 3.63) is 35.8 Å². The lowest BCUT2D eigenvalue weighted by molar-refractivity contribution is 0.0689. The van der Waals surface area contributed by atoms with Crippen molar-refractivity contribution in [1.82, 2.24) is 14.3 Å². The fourth-order valence-electron chi connectivity index (χ4n) is 3.12. The molecule has 2 aromatic heterocycles. The first-order chi connectivity index (χ1) is 9.69. The Kier molecular flexibility index (Phi) is 3.44. The van der Waals surface area contributed by atoms with E-state index in [4.69, 9.17) is 0 Å². The molecule has 1 N–H and O–H groups in total. The highest BCUT2D eigenvalue weighted by Gasteiger charge is 2.24. The third-order valence-electron chi connectivity index (χ3n) is 4.11. The van der Waals surface area contributed by atoms with Crippen LogP contribution >= 0.6 is 0 Å². The Balaban J connectivity index is 1.89. The molecule has 3 heterocycles. The summed E-state index contributed by atoms with van der Waals surface area (Å²) in [5.41, 5.74) is 1.95. The number of rotatable bonds is 4. The molecule has 3 rings (SSSR count). The number of pyridine rings is 1. The Labute approximate surface area is 117 Å². The summed E-state index contributed by atoms with van der Waals surface area (Å²) >= 11 is 0. The van der Waals surface area contributed by atoms with Crippen LogP contribution in [-0.2, 0) is 6.42 Å². The van der Waals surface area contributed by atoms with Crippen molar-refractivity contribution in [3.8, 4) is 0 Å². The van der Waals surface area contributed by atoms with E-state index in [1.54, 1.807) is 16.5 Å². The number of hydrogen-bond donors (Lipinski definition) is 1. The molecule has 5 nitrogen and oxygen atoms in total. The average Bonchev–Trinajstić information content (AvgIpc) is 3.03. The summed E-state index contributed by atoms with van der Waals surface area (Å²) in [5.74, 6) is -0.921. The van der Waals surface area contributed by atoms with Gasteiger partial charge in [-0.05, 0) is 38.1 Å². The van der Waals surface area contributed by atoms with E-state index in [2.05, 4.69) is 16.8 Å². The number of fused-ring (bicyclic) bond motifs is 1. The first-order valence-corrected chi connectivity index (χ1v) is 7.13. The van der Waals surface area contributed by atoms with Crippen LogP contribution in [0.5, 0.6) is 0 Å². The van der Waals surface area contributed by atoms with E-state index >= 15 is 0 Å². The standard InChI is InChI=1S/C15H19N3O2/c1-2-17-8-4-5-12(17)9-11-10-18-13(15(19)20)6-3-7-14(18)16-11/h3,6-7,10,12H,2,4-5,8-9H2,1H3,(H,19,20). The molecule has 1 saturated heterocycles. The van der Waals surface area contributed by atoms with Crippen molar-refractivity contribution in [2.24, 2.45) is 0 Å². The summed E-state index contributed by atoms with van der Waals surface area (Å²) in [7, 11) is 0. The van der Waals surface area contributed by atoms with E-state index in [-0.39, 0.29) is 5.69 Å². The highest BCUT2D eigenvalue weighted by atomic mass is 16.4. The molecule has 0 bridgehead atoms. The fourth-order valence-corrected chi connectivity index (χ4v) is 3.12. The molecular formula is C15H19N3O2. The van der Waals surface area contributed by atoms with Crippen LogP contribution in [-0.4, -0.2) is 44.5 Å². The second kappa shape index (κ2) is 5.25. The summed E-state index contributed by atoms with van der Waals surface area (Å²) in [4.78, 5) is 18.2. The number of nitrogens with zero attached hydrogens (tertiary/aromatic N) is 3. The van der Waals surface area contributed by atoms with Gasteiger partial charge < -0.3 is 10.0 Å². The van der Waals surface area contributed by atoms with Gasteiger partial charge in [-0.25, -0.2) is 9.78 Å². The quantitative estimate of drug-likeness (QED) is 0.926. The van der Waals surface area contributed by atoms with Crippen LogP contribution in [0.25, 0.3) is 5.65 Å². The Bertz CT molecular complexity index is 635. The molecule has 1 fully saturated rings. The summed E-state index contributed by atoms with van der Waals surface area (Å²) in [6.07, 6.45) is 5.21. The number of hydrogen-bond acceptors (Lipinski definition) is 3. The zero-order chi connectivity index (χ0) is 14.1. The van der Waals surface area contributed by atoms with Crippen molar-refractivity contribution >= 4 is 11.6 Å². The second-order valence-electron chi connectivity index (χ2n) is 5.31. The first kappa shape index (κ1) is 13.1. The third kappa shape index (κ3) is 2.29. The number of imidazole rings is 1. The van der Waals surface area contributed by atoms with Crippen LogP contribution in [0.3, 0.4) is 0 Å². The molecule has 106 valence electrons. The molecule has 5 heteroatoms. The molecule has 0 amide bonds. The fraction of sp³-hybridized carbons (Fsp3) is 0.467. The van der Waals surface area contributed by atoms with E-state index in [0.29, 0.717) is 11.7 Å². The predicted molar refractivity (Wildman–Crippen MR) is 76.1 cm³/mol. The van der Waals surface area contributed by atoms with Crippen molar-refractivity contribution in [2.45, 2.75) is 32.2 Å². The minimum absolute atomic E-state index is 0.264. The zero-order valence-corrected chi connectivity index (χ0v) is 11.6. The van der Waals surface area contributed by atoms with Gasteiger partial charge in [-0.15, -0.1) is 0 Å². The molecule has 2 aromatic rings. The maximum Gasteiger partial charge on any atom is 0.352 e. The average molecular weight is 273 g/mol. The van der Waals surface area contributed by atoms with Gasteiger partial charge in [0.25, 0.3) is 0 Å². The number of aromatic nitrogens is 2. The minimum Gasteiger partial charge on any atom is -0.477 e. The lowest BCUT2D eigenvalue weighted by Crippen LogP contribution is -2.30. The van der Waals surface area contributed by atoms with Crippen LogP contribution in [0.1, 0.15) is 35.9 Å². The Morgan fingerprint density at radius 1 is 1.50 bits per heavy atom. The Morgan fingerprint density at radius 3 is 3.10 bits per heavy atom. The molecule has 0 aromatic carbocycles. The molecule has 1 atom stereocenters. The molecule has 0 aliphatic carbocycles. The number of carboxylic acids is 1. The van der Waals surface area contributed by atoms with E-state index in [1.165, 1.54) is 12.8 Å². The van der Waals surface area contributed by atoms with Gasteiger partial charge in [0.2, 0.25) is 0 Å². The lowest BCUT2D eigenvalue weighted by Gasteiger charge is -2.21. The summed E-state index contributed by atoms with van der Waals surface area (Å²) in [6, 6.07) is 5.73. The SMILES string of the molecule is CCN1CCCC1Cc1cn2c(C(=O)O)cccc2n1. The maximum atomic E-state index is 11.2. The highest BCUT2D eigenvalue weighted by molar-refractivity contribution is 5.86. The van der Waals surface area contributed by atoms with Gasteiger partial charge in [-0.1, -0.05) is 13.0 Å². The topological polar surface area (TPSA) is 57.8 Å².